The molecule has 0 saturated heterocycles. The minimum Gasteiger partial charge on any atom is -0.491 e. The van der Waals surface area contributed by atoms with Crippen molar-refractivity contribution in [2.75, 3.05) is 20.3 Å². The Hall–Kier alpha value is -2.34. The number of methoxy groups -OCH3 is 1. The predicted molar refractivity (Wildman–Crippen MR) is 85.6 cm³/mol. The Balaban J connectivity index is 1.59. The van der Waals surface area contributed by atoms with Crippen LogP contribution in [0.1, 0.15) is 22.5 Å². The van der Waals surface area contributed by atoms with Gasteiger partial charge < -0.3 is 19.4 Å². The predicted octanol–water partition coefficient (Wildman–Crippen LogP) is 1.65. The van der Waals surface area contributed by atoms with E-state index in [-0.39, 0.29) is 11.9 Å². The summed E-state index contributed by atoms with van der Waals surface area (Å²) in [5, 5.41) is 3.09. The van der Waals surface area contributed by atoms with Gasteiger partial charge in [-0.25, -0.2) is 4.98 Å². The van der Waals surface area contributed by atoms with Gasteiger partial charge >= 0.3 is 0 Å². The van der Waals surface area contributed by atoms with Crippen molar-refractivity contribution in [2.24, 2.45) is 0 Å². The highest BCUT2D eigenvalue weighted by Gasteiger charge is 2.20. The van der Waals surface area contributed by atoms with Gasteiger partial charge in [-0.3, -0.25) is 4.79 Å². The Morgan fingerprint density at radius 2 is 2.35 bits per heavy atom. The number of nitrogens with one attached hydrogen (secondary N) is 1. The molecule has 122 valence electrons. The molecule has 0 bridgehead atoms. The van der Waals surface area contributed by atoms with E-state index in [1.54, 1.807) is 19.2 Å². The van der Waals surface area contributed by atoms with Crippen molar-refractivity contribution in [3.63, 3.8) is 0 Å². The summed E-state index contributed by atoms with van der Waals surface area (Å²) in [5.74, 6) is 0.603. The molecule has 1 atom stereocenters. The summed E-state index contributed by atoms with van der Waals surface area (Å²) in [6.07, 6.45) is 5.57. The number of fused-ring (bicyclic) bond motifs is 1. The van der Waals surface area contributed by atoms with Crippen molar-refractivity contribution >= 4 is 5.91 Å². The normalized spacial score (nSPS) is 16.7. The Kier molecular flexibility index (Phi) is 4.92. The summed E-state index contributed by atoms with van der Waals surface area (Å²) in [6.45, 7) is 1.75. The Morgan fingerprint density at radius 1 is 1.43 bits per heavy atom. The van der Waals surface area contributed by atoms with E-state index in [9.17, 15) is 4.79 Å². The van der Waals surface area contributed by atoms with Gasteiger partial charge in [-0.05, 0) is 31.0 Å². The maximum Gasteiger partial charge on any atom is 0.251 e. The molecule has 1 N–H and O–H groups in total. The van der Waals surface area contributed by atoms with Crippen LogP contribution in [0.15, 0.2) is 36.8 Å². The molecular weight excluding hydrogens is 294 g/mol. The van der Waals surface area contributed by atoms with Crippen molar-refractivity contribution in [1.29, 1.82) is 0 Å². The number of carbonyl (C=O) groups is 1. The molecule has 1 amide bonds. The second-order valence-electron chi connectivity index (χ2n) is 5.62. The Bertz CT molecular complexity index is 669. The summed E-state index contributed by atoms with van der Waals surface area (Å²) >= 11 is 0. The zero-order chi connectivity index (χ0) is 16.1. The van der Waals surface area contributed by atoms with Crippen LogP contribution in [0, 0.1) is 0 Å². The highest BCUT2D eigenvalue weighted by Crippen LogP contribution is 2.16. The zero-order valence-corrected chi connectivity index (χ0v) is 13.2. The first-order valence-corrected chi connectivity index (χ1v) is 7.78. The van der Waals surface area contributed by atoms with E-state index in [4.69, 9.17) is 9.47 Å². The zero-order valence-electron chi connectivity index (χ0n) is 13.2. The van der Waals surface area contributed by atoms with Gasteiger partial charge in [0.1, 0.15) is 12.4 Å². The maximum absolute atomic E-state index is 12.4. The number of amides is 1. The Labute approximate surface area is 135 Å². The molecule has 6 nitrogen and oxygen atoms in total. The molecule has 0 spiro atoms. The first-order valence-electron chi connectivity index (χ1n) is 7.78. The van der Waals surface area contributed by atoms with Gasteiger partial charge in [0.05, 0.1) is 12.9 Å². The van der Waals surface area contributed by atoms with E-state index < -0.39 is 0 Å². The third-order valence-electron chi connectivity index (χ3n) is 3.95. The van der Waals surface area contributed by atoms with Crippen molar-refractivity contribution in [3.8, 4) is 5.75 Å². The second kappa shape index (κ2) is 7.28. The lowest BCUT2D eigenvalue weighted by molar-refractivity contribution is 0.0927. The molecule has 0 aliphatic carbocycles. The third kappa shape index (κ3) is 3.90. The van der Waals surface area contributed by atoms with E-state index in [2.05, 4.69) is 14.9 Å². The summed E-state index contributed by atoms with van der Waals surface area (Å²) in [7, 11) is 1.63. The molecule has 1 aromatic carbocycles. The number of imidazole rings is 1. The average Bonchev–Trinajstić information content (AvgIpc) is 3.03. The molecule has 1 unspecified atom stereocenters. The molecule has 23 heavy (non-hydrogen) atoms. The summed E-state index contributed by atoms with van der Waals surface area (Å²) in [5.41, 5.74) is 1.83. The van der Waals surface area contributed by atoms with Gasteiger partial charge in [0.25, 0.3) is 5.91 Å². The van der Waals surface area contributed by atoms with Crippen molar-refractivity contribution in [1.82, 2.24) is 14.9 Å². The molecule has 0 radical (unpaired) electrons. The Morgan fingerprint density at radius 3 is 3.22 bits per heavy atom. The molecule has 2 heterocycles. The number of nitrogens with zero attached hydrogens (tertiary/aromatic N) is 2. The lowest BCUT2D eigenvalue weighted by Gasteiger charge is -2.25. The van der Waals surface area contributed by atoms with Crippen LogP contribution in [-0.4, -0.2) is 41.8 Å². The fraction of sp³-hybridized carbons (Fsp3) is 0.412. The van der Waals surface area contributed by atoms with Crippen LogP contribution in [0.3, 0.4) is 0 Å². The van der Waals surface area contributed by atoms with E-state index in [1.807, 2.05) is 24.7 Å². The maximum atomic E-state index is 12.4. The number of hydrogen-bond donors (Lipinski definition) is 1. The standard InChI is InChI=1S/C17H21N3O3/c1-22-7-8-23-16-4-2-3-13(9-16)17(21)19-14-5-6-15-10-18-12-20(15)11-14/h2-4,9-10,12,14H,5-8,11H2,1H3,(H,19,21). The summed E-state index contributed by atoms with van der Waals surface area (Å²) in [4.78, 5) is 16.6. The van der Waals surface area contributed by atoms with Crippen LogP contribution in [0.4, 0.5) is 0 Å². The summed E-state index contributed by atoms with van der Waals surface area (Å²) < 4.78 is 12.6. The molecule has 1 aromatic heterocycles. The van der Waals surface area contributed by atoms with E-state index >= 15 is 0 Å². The van der Waals surface area contributed by atoms with Crippen LogP contribution >= 0.6 is 0 Å². The minimum atomic E-state index is -0.0734. The fourth-order valence-corrected chi connectivity index (χ4v) is 2.73. The molecule has 2 aromatic rings. The number of aromatic nitrogens is 2. The van der Waals surface area contributed by atoms with Gasteiger partial charge in [0.15, 0.2) is 0 Å². The highest BCUT2D eigenvalue weighted by molar-refractivity contribution is 5.94. The summed E-state index contributed by atoms with van der Waals surface area (Å²) in [6, 6.07) is 7.35. The lowest BCUT2D eigenvalue weighted by atomic mass is 10.0. The quantitative estimate of drug-likeness (QED) is 0.823. The molecule has 0 saturated carbocycles. The monoisotopic (exact) mass is 315 g/mol. The van der Waals surface area contributed by atoms with Crippen LogP contribution in [-0.2, 0) is 17.7 Å². The molecule has 6 heteroatoms. The first-order chi connectivity index (χ1) is 11.3. The van der Waals surface area contributed by atoms with Crippen LogP contribution < -0.4 is 10.1 Å². The molecule has 1 aliphatic rings. The van der Waals surface area contributed by atoms with Crippen LogP contribution in [0.5, 0.6) is 5.75 Å². The number of aryl methyl sites for hydroxylation is 1. The number of rotatable bonds is 6. The number of benzene rings is 1. The van der Waals surface area contributed by atoms with Crippen LogP contribution in [0.2, 0.25) is 0 Å². The number of ether oxygens (including phenoxy) is 2. The van der Waals surface area contributed by atoms with E-state index in [1.165, 1.54) is 5.69 Å². The smallest absolute Gasteiger partial charge is 0.251 e. The molecule has 3 rings (SSSR count). The largest absolute Gasteiger partial charge is 0.491 e. The molecule has 1 aliphatic heterocycles. The average molecular weight is 315 g/mol. The van der Waals surface area contributed by atoms with Gasteiger partial charge in [-0.1, -0.05) is 6.07 Å². The van der Waals surface area contributed by atoms with Gasteiger partial charge in [0.2, 0.25) is 0 Å². The number of hydrogen-bond acceptors (Lipinski definition) is 4. The third-order valence-corrected chi connectivity index (χ3v) is 3.95. The lowest BCUT2D eigenvalue weighted by Crippen LogP contribution is -2.40. The van der Waals surface area contributed by atoms with Gasteiger partial charge in [-0.15, -0.1) is 0 Å². The van der Waals surface area contributed by atoms with Crippen molar-refractivity contribution < 1.29 is 14.3 Å². The topological polar surface area (TPSA) is 65.4 Å². The van der Waals surface area contributed by atoms with Gasteiger partial charge in [0, 0.05) is 37.2 Å². The number of carbonyl (C=O) groups excluding carboxylic acids is 1. The van der Waals surface area contributed by atoms with E-state index in [0.717, 1.165) is 19.4 Å². The molecule has 0 fully saturated rings. The van der Waals surface area contributed by atoms with Crippen molar-refractivity contribution in [2.45, 2.75) is 25.4 Å². The second-order valence-corrected chi connectivity index (χ2v) is 5.62. The highest BCUT2D eigenvalue weighted by atomic mass is 16.5. The molecular formula is C17H21N3O3. The first kappa shape index (κ1) is 15.6. The van der Waals surface area contributed by atoms with E-state index in [0.29, 0.717) is 24.5 Å². The fourth-order valence-electron chi connectivity index (χ4n) is 2.73. The van der Waals surface area contributed by atoms with Gasteiger partial charge in [-0.2, -0.15) is 0 Å². The van der Waals surface area contributed by atoms with Crippen LogP contribution in [0.25, 0.3) is 0 Å². The SMILES string of the molecule is COCCOc1cccc(C(=O)NC2CCc3cncn3C2)c1. The van der Waals surface area contributed by atoms with Crippen molar-refractivity contribution in [3.05, 3.63) is 48.0 Å². The minimum absolute atomic E-state index is 0.0734.